The Hall–Kier alpha value is -0.770. The molecule has 0 bridgehead atoms. The molecule has 0 saturated carbocycles. The van der Waals surface area contributed by atoms with Crippen molar-refractivity contribution in [1.29, 1.82) is 0 Å². The van der Waals surface area contributed by atoms with Crippen LogP contribution in [0.4, 0.5) is 5.69 Å². The zero-order valence-electron chi connectivity index (χ0n) is 12.7. The Labute approximate surface area is 127 Å². The maximum atomic E-state index is 6.49. The van der Waals surface area contributed by atoms with Crippen LogP contribution in [0, 0.1) is 0 Å². The highest BCUT2D eigenvalue weighted by atomic mass is 35.5. The molecule has 1 aromatic rings. The number of hydrogen-bond acceptors (Lipinski definition) is 3. The van der Waals surface area contributed by atoms with Crippen LogP contribution < -0.4 is 10.2 Å². The van der Waals surface area contributed by atoms with Gasteiger partial charge in [0.1, 0.15) is 0 Å². The minimum absolute atomic E-state index is 0.0101. The van der Waals surface area contributed by atoms with Crippen molar-refractivity contribution in [2.45, 2.75) is 39.3 Å². The summed E-state index contributed by atoms with van der Waals surface area (Å²) in [5.41, 5.74) is 2.33. The lowest BCUT2D eigenvalue weighted by molar-refractivity contribution is 0.0644. The number of hydrogen-bond donors (Lipinski definition) is 1. The first-order valence-electron chi connectivity index (χ1n) is 7.39. The van der Waals surface area contributed by atoms with Gasteiger partial charge >= 0.3 is 0 Å². The summed E-state index contributed by atoms with van der Waals surface area (Å²) in [5, 5.41) is 4.23. The second kappa shape index (κ2) is 6.79. The van der Waals surface area contributed by atoms with Gasteiger partial charge in [0.2, 0.25) is 0 Å². The largest absolute Gasteiger partial charge is 0.377 e. The second-order valence-electron chi connectivity index (χ2n) is 5.98. The Kier molecular flexibility index (Phi) is 5.30. The SMILES string of the molecule is CCCNCc1ccc(N2CCOCC2(C)C)c(Cl)c1. The lowest BCUT2D eigenvalue weighted by atomic mass is 10.0. The molecule has 1 N–H and O–H groups in total. The van der Waals surface area contributed by atoms with Gasteiger partial charge in [-0.25, -0.2) is 0 Å². The molecule has 1 aliphatic heterocycles. The van der Waals surface area contributed by atoms with E-state index in [1.54, 1.807) is 0 Å². The molecule has 0 spiro atoms. The van der Waals surface area contributed by atoms with Gasteiger partial charge in [-0.05, 0) is 44.5 Å². The van der Waals surface area contributed by atoms with Gasteiger partial charge in [0.15, 0.2) is 0 Å². The molecule has 3 nitrogen and oxygen atoms in total. The summed E-state index contributed by atoms with van der Waals surface area (Å²) >= 11 is 6.49. The Morgan fingerprint density at radius 3 is 2.85 bits per heavy atom. The molecule has 4 heteroatoms. The third-order valence-electron chi connectivity index (χ3n) is 3.70. The van der Waals surface area contributed by atoms with Crippen LogP contribution in [0.15, 0.2) is 18.2 Å². The van der Waals surface area contributed by atoms with Gasteiger partial charge in [-0.2, -0.15) is 0 Å². The van der Waals surface area contributed by atoms with E-state index in [1.807, 2.05) is 0 Å². The molecule has 0 atom stereocenters. The molecule has 0 aromatic heterocycles. The average Bonchev–Trinajstić information content (AvgIpc) is 2.40. The first-order valence-corrected chi connectivity index (χ1v) is 7.77. The predicted molar refractivity (Wildman–Crippen MR) is 85.7 cm³/mol. The molecule has 20 heavy (non-hydrogen) atoms. The topological polar surface area (TPSA) is 24.5 Å². The molecular formula is C16H25ClN2O. The van der Waals surface area contributed by atoms with Crippen LogP contribution in [0.1, 0.15) is 32.8 Å². The van der Waals surface area contributed by atoms with E-state index < -0.39 is 0 Å². The lowest BCUT2D eigenvalue weighted by Crippen LogP contribution is -2.53. The van der Waals surface area contributed by atoms with E-state index >= 15 is 0 Å². The van der Waals surface area contributed by atoms with Gasteiger partial charge in [0.05, 0.1) is 29.5 Å². The van der Waals surface area contributed by atoms with Crippen molar-refractivity contribution >= 4 is 17.3 Å². The first-order chi connectivity index (χ1) is 9.54. The van der Waals surface area contributed by atoms with Crippen LogP contribution >= 0.6 is 11.6 Å². The summed E-state index contributed by atoms with van der Waals surface area (Å²) < 4.78 is 5.57. The van der Waals surface area contributed by atoms with Crippen molar-refractivity contribution in [2.75, 3.05) is 31.2 Å². The molecule has 1 aromatic carbocycles. The van der Waals surface area contributed by atoms with Crippen molar-refractivity contribution in [1.82, 2.24) is 5.32 Å². The highest BCUT2D eigenvalue weighted by molar-refractivity contribution is 6.33. The van der Waals surface area contributed by atoms with E-state index in [-0.39, 0.29) is 5.54 Å². The molecule has 1 saturated heterocycles. The van der Waals surface area contributed by atoms with E-state index in [0.717, 1.165) is 50.0 Å². The molecule has 0 amide bonds. The first kappa shape index (κ1) is 15.6. The fourth-order valence-corrected chi connectivity index (χ4v) is 2.90. The molecular weight excluding hydrogens is 272 g/mol. The van der Waals surface area contributed by atoms with Gasteiger partial charge in [-0.1, -0.05) is 24.6 Å². The van der Waals surface area contributed by atoms with Crippen LogP contribution in [0.25, 0.3) is 0 Å². The monoisotopic (exact) mass is 296 g/mol. The summed E-state index contributed by atoms with van der Waals surface area (Å²) in [6.45, 7) is 10.9. The Morgan fingerprint density at radius 2 is 2.20 bits per heavy atom. The quantitative estimate of drug-likeness (QED) is 0.842. The third kappa shape index (κ3) is 3.66. The fraction of sp³-hybridized carbons (Fsp3) is 0.625. The maximum Gasteiger partial charge on any atom is 0.0694 e. The third-order valence-corrected chi connectivity index (χ3v) is 4.01. The summed E-state index contributed by atoms with van der Waals surface area (Å²) in [7, 11) is 0. The van der Waals surface area contributed by atoms with Crippen molar-refractivity contribution in [3.05, 3.63) is 28.8 Å². The second-order valence-corrected chi connectivity index (χ2v) is 6.39. The normalized spacial score (nSPS) is 18.3. The molecule has 112 valence electrons. The molecule has 1 fully saturated rings. The van der Waals surface area contributed by atoms with Gasteiger partial charge in [-0.15, -0.1) is 0 Å². The van der Waals surface area contributed by atoms with Crippen molar-refractivity contribution in [3.8, 4) is 0 Å². The van der Waals surface area contributed by atoms with Gasteiger partial charge in [0, 0.05) is 13.1 Å². The van der Waals surface area contributed by atoms with E-state index in [1.165, 1.54) is 5.56 Å². The van der Waals surface area contributed by atoms with E-state index in [9.17, 15) is 0 Å². The Bertz CT molecular complexity index is 448. The highest BCUT2D eigenvalue weighted by Crippen LogP contribution is 2.33. The lowest BCUT2D eigenvalue weighted by Gasteiger charge is -2.44. The van der Waals surface area contributed by atoms with Gasteiger partial charge < -0.3 is 15.0 Å². The number of ether oxygens (including phenoxy) is 1. The number of nitrogens with one attached hydrogen (secondary N) is 1. The maximum absolute atomic E-state index is 6.49. The summed E-state index contributed by atoms with van der Waals surface area (Å²) in [5.74, 6) is 0. The molecule has 0 unspecified atom stereocenters. The molecule has 1 heterocycles. The minimum Gasteiger partial charge on any atom is -0.377 e. The van der Waals surface area contributed by atoms with Crippen LogP contribution in [-0.4, -0.2) is 31.8 Å². The highest BCUT2D eigenvalue weighted by Gasteiger charge is 2.31. The minimum atomic E-state index is -0.0101. The predicted octanol–water partition coefficient (Wildman–Crippen LogP) is 3.45. The van der Waals surface area contributed by atoms with E-state index in [0.29, 0.717) is 0 Å². The number of nitrogens with zero attached hydrogens (tertiary/aromatic N) is 1. The Balaban J connectivity index is 2.12. The van der Waals surface area contributed by atoms with E-state index in [4.69, 9.17) is 16.3 Å². The van der Waals surface area contributed by atoms with Crippen molar-refractivity contribution in [3.63, 3.8) is 0 Å². The summed E-state index contributed by atoms with van der Waals surface area (Å²) in [6, 6.07) is 6.37. The van der Waals surface area contributed by atoms with E-state index in [2.05, 4.69) is 49.2 Å². The average molecular weight is 297 g/mol. The molecule has 0 radical (unpaired) electrons. The zero-order valence-corrected chi connectivity index (χ0v) is 13.5. The van der Waals surface area contributed by atoms with Crippen LogP contribution in [0.5, 0.6) is 0 Å². The van der Waals surface area contributed by atoms with Gasteiger partial charge in [0.25, 0.3) is 0 Å². The zero-order chi connectivity index (χ0) is 14.6. The standard InChI is InChI=1S/C16H25ClN2O/c1-4-7-18-11-13-5-6-15(14(17)10-13)19-8-9-20-12-16(19,2)3/h5-6,10,18H,4,7-9,11-12H2,1-3H3. The Morgan fingerprint density at radius 1 is 1.40 bits per heavy atom. The molecule has 1 aliphatic rings. The van der Waals surface area contributed by atoms with Crippen molar-refractivity contribution < 1.29 is 4.74 Å². The van der Waals surface area contributed by atoms with Crippen LogP contribution in [0.2, 0.25) is 5.02 Å². The number of benzene rings is 1. The fourth-order valence-electron chi connectivity index (χ4n) is 2.59. The summed E-state index contributed by atoms with van der Waals surface area (Å²) in [4.78, 5) is 2.35. The number of anilines is 1. The number of halogens is 1. The number of morpholine rings is 1. The summed E-state index contributed by atoms with van der Waals surface area (Å²) in [6.07, 6.45) is 1.15. The van der Waals surface area contributed by atoms with Gasteiger partial charge in [-0.3, -0.25) is 0 Å². The molecule has 0 aliphatic carbocycles. The molecule has 2 rings (SSSR count). The number of rotatable bonds is 5. The van der Waals surface area contributed by atoms with Crippen LogP contribution in [0.3, 0.4) is 0 Å². The van der Waals surface area contributed by atoms with Crippen LogP contribution in [-0.2, 0) is 11.3 Å². The smallest absolute Gasteiger partial charge is 0.0694 e. The van der Waals surface area contributed by atoms with Crippen molar-refractivity contribution in [2.24, 2.45) is 0 Å².